The summed E-state index contributed by atoms with van der Waals surface area (Å²) in [6.07, 6.45) is 10.4. The predicted octanol–water partition coefficient (Wildman–Crippen LogP) is 4.58. The van der Waals surface area contributed by atoms with E-state index in [0.29, 0.717) is 18.5 Å². The number of nitrogens with one attached hydrogen (secondary N) is 1. The van der Waals surface area contributed by atoms with Gasteiger partial charge >= 0.3 is 0 Å². The maximum Gasteiger partial charge on any atom is 0.259 e. The van der Waals surface area contributed by atoms with Crippen molar-refractivity contribution in [1.82, 2.24) is 14.7 Å². The number of benzene rings is 1. The Kier molecular flexibility index (Phi) is 4.64. The van der Waals surface area contributed by atoms with Crippen molar-refractivity contribution in [1.29, 1.82) is 0 Å². The Labute approximate surface area is 173 Å². The molecule has 0 spiro atoms. The monoisotopic (exact) mass is 392 g/mol. The molecule has 1 unspecified atom stereocenters. The van der Waals surface area contributed by atoms with Crippen LogP contribution in [0.2, 0.25) is 0 Å². The van der Waals surface area contributed by atoms with Gasteiger partial charge in [0.05, 0.1) is 11.7 Å². The Morgan fingerprint density at radius 1 is 1.14 bits per heavy atom. The van der Waals surface area contributed by atoms with E-state index in [1.165, 1.54) is 43.2 Å². The molecular weight excluding hydrogens is 360 g/mol. The second-order valence-corrected chi connectivity index (χ2v) is 9.73. The number of carbonyl (C=O) groups is 1. The maximum atomic E-state index is 13.5. The van der Waals surface area contributed by atoms with Crippen molar-refractivity contribution in [2.24, 2.45) is 5.92 Å². The average molecular weight is 393 g/mol. The fourth-order valence-corrected chi connectivity index (χ4v) is 5.61. The largest absolute Gasteiger partial charge is 0.366 e. The summed E-state index contributed by atoms with van der Waals surface area (Å²) < 4.78 is 2.05. The summed E-state index contributed by atoms with van der Waals surface area (Å²) >= 11 is 0. The standard InChI is InChI=1S/C24H32N4O/c1-24(2)14-21(18-9-4-3-5-10-18)26-22-20(15-25-28(22)24)23(29)27-13-12-17-8-6-7-11-19(17)16-27/h6-8,11,15,18,21,26H,3-5,9-10,12-14,16H2,1-2H3. The van der Waals surface area contributed by atoms with Crippen molar-refractivity contribution in [2.75, 3.05) is 11.9 Å². The number of amides is 1. The number of carbonyl (C=O) groups excluding carboxylic acids is 1. The molecule has 29 heavy (non-hydrogen) atoms. The highest BCUT2D eigenvalue weighted by molar-refractivity contribution is 5.99. The van der Waals surface area contributed by atoms with E-state index < -0.39 is 0 Å². The summed E-state index contributed by atoms with van der Waals surface area (Å²) in [5, 5.41) is 8.42. The molecular formula is C24H32N4O. The van der Waals surface area contributed by atoms with Crippen LogP contribution in [0.4, 0.5) is 5.82 Å². The molecule has 3 aliphatic rings. The van der Waals surface area contributed by atoms with Crippen LogP contribution in [0.15, 0.2) is 30.5 Å². The highest BCUT2D eigenvalue weighted by Gasteiger charge is 2.39. The lowest BCUT2D eigenvalue weighted by molar-refractivity contribution is 0.0735. The third-order valence-corrected chi connectivity index (χ3v) is 7.25. The molecule has 2 aliphatic heterocycles. The van der Waals surface area contributed by atoms with Crippen LogP contribution in [0.1, 0.15) is 73.9 Å². The second kappa shape index (κ2) is 7.19. The third kappa shape index (κ3) is 3.34. The van der Waals surface area contributed by atoms with E-state index in [4.69, 9.17) is 0 Å². The molecule has 0 saturated heterocycles. The van der Waals surface area contributed by atoms with Gasteiger partial charge in [0, 0.05) is 19.1 Å². The minimum atomic E-state index is -0.0737. The van der Waals surface area contributed by atoms with E-state index >= 15 is 0 Å². The minimum absolute atomic E-state index is 0.0737. The first-order chi connectivity index (χ1) is 14.0. The molecule has 154 valence electrons. The summed E-state index contributed by atoms with van der Waals surface area (Å²) in [4.78, 5) is 15.5. The Morgan fingerprint density at radius 3 is 2.69 bits per heavy atom. The Balaban J connectivity index is 1.41. The van der Waals surface area contributed by atoms with E-state index in [0.717, 1.165) is 30.8 Å². The molecule has 1 aliphatic carbocycles. The average Bonchev–Trinajstić information content (AvgIpc) is 3.18. The van der Waals surface area contributed by atoms with Gasteiger partial charge in [-0.1, -0.05) is 43.5 Å². The van der Waals surface area contributed by atoms with Crippen LogP contribution in [0.5, 0.6) is 0 Å². The highest BCUT2D eigenvalue weighted by Crippen LogP contribution is 2.40. The van der Waals surface area contributed by atoms with Gasteiger partial charge in [-0.25, -0.2) is 4.68 Å². The van der Waals surface area contributed by atoms with Gasteiger partial charge in [0.1, 0.15) is 11.4 Å². The van der Waals surface area contributed by atoms with Crippen molar-refractivity contribution < 1.29 is 4.79 Å². The van der Waals surface area contributed by atoms with Crippen molar-refractivity contribution in [3.63, 3.8) is 0 Å². The molecule has 1 saturated carbocycles. The van der Waals surface area contributed by atoms with Crippen LogP contribution < -0.4 is 5.32 Å². The lowest BCUT2D eigenvalue weighted by Gasteiger charge is -2.42. The molecule has 1 amide bonds. The molecule has 1 fully saturated rings. The topological polar surface area (TPSA) is 50.2 Å². The molecule has 1 atom stereocenters. The van der Waals surface area contributed by atoms with E-state index in [-0.39, 0.29) is 11.4 Å². The van der Waals surface area contributed by atoms with Crippen LogP contribution in [0.25, 0.3) is 0 Å². The van der Waals surface area contributed by atoms with Crippen LogP contribution in [0.3, 0.4) is 0 Å². The van der Waals surface area contributed by atoms with Crippen LogP contribution >= 0.6 is 0 Å². The van der Waals surface area contributed by atoms with Crippen LogP contribution in [-0.2, 0) is 18.5 Å². The Bertz CT molecular complexity index is 909. The predicted molar refractivity (Wildman–Crippen MR) is 115 cm³/mol. The van der Waals surface area contributed by atoms with Gasteiger partial charge in [0.2, 0.25) is 0 Å². The molecule has 3 heterocycles. The molecule has 5 nitrogen and oxygen atoms in total. The van der Waals surface area contributed by atoms with Gasteiger partial charge in [0.15, 0.2) is 0 Å². The van der Waals surface area contributed by atoms with Crippen molar-refractivity contribution in [3.8, 4) is 0 Å². The first-order valence-corrected chi connectivity index (χ1v) is 11.2. The van der Waals surface area contributed by atoms with Crippen molar-refractivity contribution in [3.05, 3.63) is 47.2 Å². The molecule has 5 rings (SSSR count). The quantitative estimate of drug-likeness (QED) is 0.814. The summed E-state index contributed by atoms with van der Waals surface area (Å²) in [5.41, 5.74) is 3.29. The zero-order chi connectivity index (χ0) is 20.0. The number of hydrogen-bond donors (Lipinski definition) is 1. The lowest BCUT2D eigenvalue weighted by atomic mass is 9.78. The fourth-order valence-electron chi connectivity index (χ4n) is 5.61. The van der Waals surface area contributed by atoms with E-state index in [9.17, 15) is 4.79 Å². The molecule has 1 N–H and O–H groups in total. The number of aromatic nitrogens is 2. The molecule has 2 aromatic rings. The highest BCUT2D eigenvalue weighted by atomic mass is 16.2. The Hall–Kier alpha value is -2.30. The maximum absolute atomic E-state index is 13.5. The fraction of sp³-hybridized carbons (Fsp3) is 0.583. The second-order valence-electron chi connectivity index (χ2n) is 9.73. The zero-order valence-corrected chi connectivity index (χ0v) is 17.7. The van der Waals surface area contributed by atoms with Crippen molar-refractivity contribution in [2.45, 2.75) is 76.9 Å². The summed E-state index contributed by atoms with van der Waals surface area (Å²) in [7, 11) is 0. The number of fused-ring (bicyclic) bond motifs is 2. The van der Waals surface area contributed by atoms with Gasteiger partial charge in [-0.3, -0.25) is 4.79 Å². The molecule has 0 bridgehead atoms. The zero-order valence-electron chi connectivity index (χ0n) is 17.7. The van der Waals surface area contributed by atoms with Crippen LogP contribution in [-0.4, -0.2) is 33.2 Å². The minimum Gasteiger partial charge on any atom is -0.366 e. The Morgan fingerprint density at radius 2 is 1.90 bits per heavy atom. The van der Waals surface area contributed by atoms with Gasteiger partial charge in [-0.2, -0.15) is 5.10 Å². The third-order valence-electron chi connectivity index (χ3n) is 7.25. The first kappa shape index (κ1) is 18.7. The lowest BCUT2D eigenvalue weighted by Crippen LogP contribution is -2.46. The van der Waals surface area contributed by atoms with Gasteiger partial charge < -0.3 is 10.2 Å². The number of rotatable bonds is 2. The van der Waals surface area contributed by atoms with E-state index in [2.05, 4.69) is 53.2 Å². The van der Waals surface area contributed by atoms with E-state index in [1.54, 1.807) is 6.20 Å². The summed E-state index contributed by atoms with van der Waals surface area (Å²) in [6.45, 7) is 5.97. The molecule has 1 aromatic carbocycles. The SMILES string of the molecule is CC1(C)CC(C2CCCCC2)Nc2c(C(=O)N3CCc4ccccc4C3)cnn21. The number of hydrogen-bond acceptors (Lipinski definition) is 3. The number of nitrogens with zero attached hydrogens (tertiary/aromatic N) is 3. The normalized spacial score (nSPS) is 23.8. The smallest absolute Gasteiger partial charge is 0.259 e. The first-order valence-electron chi connectivity index (χ1n) is 11.2. The van der Waals surface area contributed by atoms with Gasteiger partial charge in [-0.15, -0.1) is 0 Å². The van der Waals surface area contributed by atoms with E-state index in [1.807, 2.05) is 4.90 Å². The van der Waals surface area contributed by atoms with Gasteiger partial charge in [0.25, 0.3) is 5.91 Å². The molecule has 1 aromatic heterocycles. The molecule has 5 heteroatoms. The summed E-state index contributed by atoms with van der Waals surface area (Å²) in [5.74, 6) is 1.74. The number of anilines is 1. The van der Waals surface area contributed by atoms with Crippen molar-refractivity contribution >= 4 is 11.7 Å². The molecule has 0 radical (unpaired) electrons. The van der Waals surface area contributed by atoms with Gasteiger partial charge in [-0.05, 0) is 56.6 Å². The summed E-state index contributed by atoms with van der Waals surface area (Å²) in [6, 6.07) is 8.90. The van der Waals surface area contributed by atoms with Crippen LogP contribution in [0, 0.1) is 5.92 Å².